The number of aryl methyl sites for hydroxylation is 1. The average Bonchev–Trinajstić information content (AvgIpc) is 2.64. The summed E-state index contributed by atoms with van der Waals surface area (Å²) in [6.45, 7) is 2.06. The number of nitriles is 1. The predicted molar refractivity (Wildman–Crippen MR) is 51.9 cm³/mol. The Hall–Kier alpha value is -1.94. The normalized spacial score (nSPS) is 10.1. The van der Waals surface area contributed by atoms with Crippen LogP contribution in [0.25, 0.3) is 0 Å². The fourth-order valence-electron chi connectivity index (χ4n) is 1.11. The van der Waals surface area contributed by atoms with E-state index in [2.05, 4.69) is 14.9 Å². The summed E-state index contributed by atoms with van der Waals surface area (Å²) in [4.78, 5) is 16.6. The van der Waals surface area contributed by atoms with Crippen molar-refractivity contribution in [3.8, 4) is 6.07 Å². The summed E-state index contributed by atoms with van der Waals surface area (Å²) >= 11 is 0. The SMILES string of the molecule is COC(=O)CN(CC#N)Cc1nc(C)no1. The van der Waals surface area contributed by atoms with E-state index in [9.17, 15) is 4.79 Å². The molecular weight excluding hydrogens is 212 g/mol. The van der Waals surface area contributed by atoms with Crippen LogP contribution in [0.5, 0.6) is 0 Å². The lowest BCUT2D eigenvalue weighted by Gasteiger charge is -2.14. The minimum absolute atomic E-state index is 0.0193. The number of aromatic nitrogens is 2. The second kappa shape index (κ2) is 5.82. The first-order valence-corrected chi connectivity index (χ1v) is 4.61. The molecule has 16 heavy (non-hydrogen) atoms. The molecular formula is C9H12N4O3. The van der Waals surface area contributed by atoms with Crippen LogP contribution in [0.2, 0.25) is 0 Å². The van der Waals surface area contributed by atoms with Crippen LogP contribution in [0.1, 0.15) is 11.7 Å². The number of carbonyl (C=O) groups is 1. The highest BCUT2D eigenvalue weighted by Gasteiger charge is 2.14. The summed E-state index contributed by atoms with van der Waals surface area (Å²) in [7, 11) is 1.30. The van der Waals surface area contributed by atoms with Gasteiger partial charge in [-0.05, 0) is 6.92 Å². The van der Waals surface area contributed by atoms with Gasteiger partial charge in [-0.15, -0.1) is 0 Å². The Morgan fingerprint density at radius 1 is 1.69 bits per heavy atom. The van der Waals surface area contributed by atoms with Crippen LogP contribution in [0.15, 0.2) is 4.52 Å². The maximum atomic E-state index is 11.1. The molecule has 86 valence electrons. The van der Waals surface area contributed by atoms with Gasteiger partial charge in [-0.1, -0.05) is 5.16 Å². The lowest BCUT2D eigenvalue weighted by molar-refractivity contribution is -0.141. The summed E-state index contributed by atoms with van der Waals surface area (Å²) < 4.78 is 9.41. The number of hydrogen-bond donors (Lipinski definition) is 0. The second-order valence-electron chi connectivity index (χ2n) is 3.11. The zero-order chi connectivity index (χ0) is 12.0. The van der Waals surface area contributed by atoms with E-state index in [1.165, 1.54) is 7.11 Å². The Morgan fingerprint density at radius 2 is 2.44 bits per heavy atom. The Bertz CT molecular complexity index is 396. The first kappa shape index (κ1) is 12.1. The smallest absolute Gasteiger partial charge is 0.319 e. The quantitative estimate of drug-likeness (QED) is 0.508. The number of hydrogen-bond acceptors (Lipinski definition) is 7. The Kier molecular flexibility index (Phi) is 4.42. The molecule has 1 heterocycles. The van der Waals surface area contributed by atoms with E-state index in [1.54, 1.807) is 11.8 Å². The van der Waals surface area contributed by atoms with Crippen molar-refractivity contribution in [1.82, 2.24) is 15.0 Å². The standard InChI is InChI=1S/C9H12N4O3/c1-7-11-8(16-12-7)5-13(4-3-10)6-9(14)15-2/h4-6H2,1-2H3. The van der Waals surface area contributed by atoms with Gasteiger partial charge in [-0.2, -0.15) is 10.2 Å². The van der Waals surface area contributed by atoms with Gasteiger partial charge in [-0.25, -0.2) is 0 Å². The monoisotopic (exact) mass is 224 g/mol. The molecule has 1 rings (SSSR count). The molecule has 0 amide bonds. The van der Waals surface area contributed by atoms with Gasteiger partial charge >= 0.3 is 5.97 Å². The van der Waals surface area contributed by atoms with Crippen LogP contribution >= 0.6 is 0 Å². The Labute approximate surface area is 92.6 Å². The molecule has 7 nitrogen and oxygen atoms in total. The lowest BCUT2D eigenvalue weighted by atomic mass is 10.4. The maximum Gasteiger partial charge on any atom is 0.319 e. The first-order chi connectivity index (χ1) is 7.65. The van der Waals surface area contributed by atoms with Crippen LogP contribution in [0.3, 0.4) is 0 Å². The molecule has 0 unspecified atom stereocenters. The summed E-state index contributed by atoms with van der Waals surface area (Å²) in [5.74, 6) is 0.480. The third kappa shape index (κ3) is 3.67. The van der Waals surface area contributed by atoms with Crippen molar-refractivity contribution < 1.29 is 14.1 Å². The van der Waals surface area contributed by atoms with Crippen LogP contribution in [0.4, 0.5) is 0 Å². The van der Waals surface area contributed by atoms with Crippen molar-refractivity contribution in [3.63, 3.8) is 0 Å². The summed E-state index contributed by atoms with van der Waals surface area (Å²) in [5.41, 5.74) is 0. The average molecular weight is 224 g/mol. The molecule has 1 aromatic heterocycles. The van der Waals surface area contributed by atoms with Crippen LogP contribution in [-0.2, 0) is 16.1 Å². The zero-order valence-electron chi connectivity index (χ0n) is 9.13. The summed E-state index contributed by atoms with van der Waals surface area (Å²) in [6, 6.07) is 1.95. The maximum absolute atomic E-state index is 11.1. The molecule has 0 aliphatic rings. The fraction of sp³-hybridized carbons (Fsp3) is 0.556. The van der Waals surface area contributed by atoms with Crippen molar-refractivity contribution in [3.05, 3.63) is 11.7 Å². The zero-order valence-corrected chi connectivity index (χ0v) is 9.13. The number of nitrogens with zero attached hydrogens (tertiary/aromatic N) is 4. The molecule has 1 aromatic rings. The highest BCUT2D eigenvalue weighted by Crippen LogP contribution is 2.01. The van der Waals surface area contributed by atoms with E-state index in [1.807, 2.05) is 6.07 Å². The van der Waals surface area contributed by atoms with Crippen LogP contribution in [0, 0.1) is 18.3 Å². The van der Waals surface area contributed by atoms with Crippen molar-refractivity contribution in [1.29, 1.82) is 5.26 Å². The molecule has 0 spiro atoms. The number of carbonyl (C=O) groups excluding carboxylic acids is 1. The van der Waals surface area contributed by atoms with Gasteiger partial charge in [0.05, 0.1) is 32.8 Å². The second-order valence-corrected chi connectivity index (χ2v) is 3.11. The molecule has 0 radical (unpaired) electrons. The van der Waals surface area contributed by atoms with Crippen molar-refractivity contribution in [2.45, 2.75) is 13.5 Å². The topological polar surface area (TPSA) is 92.2 Å². The summed E-state index contributed by atoms with van der Waals surface area (Å²) in [5, 5.41) is 12.2. The van der Waals surface area contributed by atoms with Gasteiger partial charge in [-0.3, -0.25) is 9.69 Å². The summed E-state index contributed by atoms with van der Waals surface area (Å²) in [6.07, 6.45) is 0. The van der Waals surface area contributed by atoms with E-state index in [0.29, 0.717) is 11.7 Å². The molecule has 0 atom stereocenters. The van der Waals surface area contributed by atoms with E-state index >= 15 is 0 Å². The molecule has 0 fully saturated rings. The molecule has 0 aliphatic heterocycles. The number of methoxy groups -OCH3 is 1. The predicted octanol–water partition coefficient (Wildman–Crippen LogP) is -0.123. The molecule has 0 aromatic carbocycles. The Morgan fingerprint density at radius 3 is 2.94 bits per heavy atom. The number of esters is 1. The molecule has 0 bridgehead atoms. The molecule has 0 saturated carbocycles. The van der Waals surface area contributed by atoms with E-state index < -0.39 is 5.97 Å². The molecule has 0 N–H and O–H groups in total. The third-order valence-corrected chi connectivity index (χ3v) is 1.80. The largest absolute Gasteiger partial charge is 0.468 e. The van der Waals surface area contributed by atoms with E-state index in [4.69, 9.17) is 9.78 Å². The van der Waals surface area contributed by atoms with Crippen molar-refractivity contribution in [2.75, 3.05) is 20.2 Å². The van der Waals surface area contributed by atoms with Gasteiger partial charge < -0.3 is 9.26 Å². The van der Waals surface area contributed by atoms with Gasteiger partial charge in [0.1, 0.15) is 0 Å². The molecule has 7 heteroatoms. The van der Waals surface area contributed by atoms with Crippen LogP contribution < -0.4 is 0 Å². The minimum Gasteiger partial charge on any atom is -0.468 e. The first-order valence-electron chi connectivity index (χ1n) is 4.61. The highest BCUT2D eigenvalue weighted by atomic mass is 16.5. The number of rotatable bonds is 5. The molecule has 0 aliphatic carbocycles. The fourth-order valence-corrected chi connectivity index (χ4v) is 1.11. The molecule has 0 saturated heterocycles. The van der Waals surface area contributed by atoms with Gasteiger partial charge in [0, 0.05) is 0 Å². The minimum atomic E-state index is -0.411. The van der Waals surface area contributed by atoms with Crippen molar-refractivity contribution in [2.24, 2.45) is 0 Å². The van der Waals surface area contributed by atoms with Crippen LogP contribution in [-0.4, -0.2) is 41.2 Å². The number of ether oxygens (including phenoxy) is 1. The highest BCUT2D eigenvalue weighted by molar-refractivity contribution is 5.71. The van der Waals surface area contributed by atoms with Gasteiger partial charge in [0.25, 0.3) is 0 Å². The van der Waals surface area contributed by atoms with Crippen molar-refractivity contribution >= 4 is 5.97 Å². The third-order valence-electron chi connectivity index (χ3n) is 1.80. The Balaban J connectivity index is 2.57. The van der Waals surface area contributed by atoms with Gasteiger partial charge in [0.2, 0.25) is 5.89 Å². The van der Waals surface area contributed by atoms with E-state index in [0.717, 1.165) is 0 Å². The lowest BCUT2D eigenvalue weighted by Crippen LogP contribution is -2.30. The van der Waals surface area contributed by atoms with Gasteiger partial charge in [0.15, 0.2) is 5.82 Å². The van der Waals surface area contributed by atoms with E-state index in [-0.39, 0.29) is 19.6 Å².